The fourth-order valence-corrected chi connectivity index (χ4v) is 6.65. The summed E-state index contributed by atoms with van der Waals surface area (Å²) in [5, 5.41) is 0. The Hall–Kier alpha value is -2.30. The van der Waals surface area contributed by atoms with E-state index in [0.29, 0.717) is 38.4 Å². The number of unbranched alkanes of at least 4 members (excludes halogenated alkanes) is 1. The zero-order valence-electron chi connectivity index (χ0n) is 25.5. The molecule has 3 amide bonds. The first kappa shape index (κ1) is 32.2. The fourth-order valence-electron chi connectivity index (χ4n) is 5.38. The molecule has 2 atom stereocenters. The van der Waals surface area contributed by atoms with Gasteiger partial charge < -0.3 is 28.9 Å². The summed E-state index contributed by atoms with van der Waals surface area (Å²) in [5.74, 6) is -0.120. The van der Waals surface area contributed by atoms with Crippen molar-refractivity contribution in [2.45, 2.75) is 94.6 Å². The van der Waals surface area contributed by atoms with E-state index in [2.05, 4.69) is 0 Å². The maximum atomic E-state index is 14.0. The van der Waals surface area contributed by atoms with Crippen LogP contribution < -0.4 is 4.90 Å². The van der Waals surface area contributed by atoms with Crippen molar-refractivity contribution in [3.63, 3.8) is 0 Å². The second-order valence-electron chi connectivity index (χ2n) is 12.1. The third-order valence-electron chi connectivity index (χ3n) is 7.16. The van der Waals surface area contributed by atoms with Crippen molar-refractivity contribution in [3.05, 3.63) is 23.8 Å². The number of carbonyl (C=O) groups is 3. The number of benzene rings is 1. The maximum Gasteiger partial charge on any atom is 0.410 e. The minimum atomic E-state index is -0.744. The van der Waals surface area contributed by atoms with E-state index in [1.165, 1.54) is 11.8 Å². The first-order valence-corrected chi connectivity index (χ1v) is 15.1. The van der Waals surface area contributed by atoms with E-state index in [-0.39, 0.29) is 30.0 Å². The first-order valence-electron chi connectivity index (χ1n) is 14.2. The molecule has 0 spiro atoms. The molecule has 0 saturated carbocycles. The number of fused-ring (bicyclic) bond motifs is 1. The monoisotopic (exact) mass is 577 g/mol. The lowest BCUT2D eigenvalue weighted by atomic mass is 10.0. The average molecular weight is 578 g/mol. The molecule has 0 bridgehead atoms. The molecule has 2 heterocycles. The Morgan fingerprint density at radius 3 is 2.52 bits per heavy atom. The van der Waals surface area contributed by atoms with Crippen LogP contribution in [0.3, 0.4) is 0 Å². The number of nitrogens with zero attached hydrogens (tertiary/aromatic N) is 3. The van der Waals surface area contributed by atoms with Gasteiger partial charge in [-0.1, -0.05) is 0 Å². The summed E-state index contributed by atoms with van der Waals surface area (Å²) in [6, 6.07) is 5.45. The third kappa shape index (κ3) is 7.70. The molecular weight excluding hydrogens is 530 g/mol. The molecule has 1 unspecified atom stereocenters. The van der Waals surface area contributed by atoms with Crippen molar-refractivity contribution < 1.29 is 28.6 Å². The number of piperidine rings is 1. The van der Waals surface area contributed by atoms with Gasteiger partial charge in [-0.25, -0.2) is 4.79 Å². The van der Waals surface area contributed by atoms with Crippen LogP contribution in [-0.2, 0) is 19.0 Å². The van der Waals surface area contributed by atoms with Gasteiger partial charge in [0, 0.05) is 57.0 Å². The van der Waals surface area contributed by atoms with Gasteiger partial charge in [0.25, 0.3) is 5.91 Å². The average Bonchev–Trinajstić information content (AvgIpc) is 2.87. The molecule has 224 valence electrons. The van der Waals surface area contributed by atoms with Crippen LogP contribution in [0, 0.1) is 0 Å². The van der Waals surface area contributed by atoms with E-state index in [0.717, 1.165) is 36.3 Å². The van der Waals surface area contributed by atoms with E-state index >= 15 is 0 Å². The SMILES string of the molecule is COCCCCN1C(=O)C(C)(COC)Sc2ccc(C(=O)N(C(C)C)[C@@H]3CCCN(C(=O)OC(C)(C)C)C3)cc21. The summed E-state index contributed by atoms with van der Waals surface area (Å²) < 4.78 is 15.5. The first-order chi connectivity index (χ1) is 18.8. The standard InChI is InChI=1S/C30H47N3O6S/c1-21(2)33(23-12-11-15-31(19-23)28(36)39-29(3,4)5)26(34)22-13-14-25-24(18-22)32(16-9-10-17-37-7)27(35)30(6,40-25)20-38-8/h13-14,18,21,23H,9-12,15-17,19-20H2,1-8H3/t23-,30?/m1/s1. The highest BCUT2D eigenvalue weighted by Crippen LogP contribution is 2.46. The molecule has 0 radical (unpaired) electrons. The molecule has 0 aromatic heterocycles. The van der Waals surface area contributed by atoms with Gasteiger partial charge >= 0.3 is 6.09 Å². The highest BCUT2D eigenvalue weighted by Gasteiger charge is 2.44. The van der Waals surface area contributed by atoms with E-state index in [4.69, 9.17) is 14.2 Å². The molecule has 40 heavy (non-hydrogen) atoms. The Bertz CT molecular complexity index is 1060. The lowest BCUT2D eigenvalue weighted by molar-refractivity contribution is -0.122. The predicted molar refractivity (Wildman–Crippen MR) is 158 cm³/mol. The molecule has 10 heteroatoms. The largest absolute Gasteiger partial charge is 0.444 e. The quantitative estimate of drug-likeness (QED) is 0.353. The molecule has 0 aliphatic carbocycles. The molecule has 9 nitrogen and oxygen atoms in total. The Morgan fingerprint density at radius 1 is 1.18 bits per heavy atom. The summed E-state index contributed by atoms with van der Waals surface area (Å²) in [6.45, 7) is 14.0. The summed E-state index contributed by atoms with van der Waals surface area (Å²) in [6.07, 6.45) is 2.87. The smallest absolute Gasteiger partial charge is 0.410 e. The van der Waals surface area contributed by atoms with Gasteiger partial charge in [-0.15, -0.1) is 11.8 Å². The number of carbonyl (C=O) groups excluding carboxylic acids is 3. The molecule has 2 aliphatic heterocycles. The predicted octanol–water partition coefficient (Wildman–Crippen LogP) is 5.21. The zero-order chi connectivity index (χ0) is 29.7. The number of likely N-dealkylation sites (tertiary alicyclic amines) is 1. The topological polar surface area (TPSA) is 88.6 Å². The zero-order valence-corrected chi connectivity index (χ0v) is 26.3. The summed E-state index contributed by atoms with van der Waals surface area (Å²) in [4.78, 5) is 46.9. The van der Waals surface area contributed by atoms with Gasteiger partial charge in [0.1, 0.15) is 10.3 Å². The molecule has 2 aliphatic rings. The van der Waals surface area contributed by atoms with Crippen LogP contribution in [0.25, 0.3) is 0 Å². The number of methoxy groups -OCH3 is 2. The van der Waals surface area contributed by atoms with Crippen molar-refractivity contribution in [2.75, 3.05) is 52.0 Å². The lowest BCUT2D eigenvalue weighted by Crippen LogP contribution is -2.54. The van der Waals surface area contributed by atoms with Gasteiger partial charge in [0.15, 0.2) is 0 Å². The van der Waals surface area contributed by atoms with Gasteiger partial charge in [0.2, 0.25) is 5.91 Å². The van der Waals surface area contributed by atoms with E-state index in [1.807, 2.05) is 69.5 Å². The van der Waals surface area contributed by atoms with Crippen molar-refractivity contribution in [2.24, 2.45) is 0 Å². The van der Waals surface area contributed by atoms with Crippen molar-refractivity contribution >= 4 is 35.4 Å². The minimum Gasteiger partial charge on any atom is -0.444 e. The van der Waals surface area contributed by atoms with Gasteiger partial charge in [-0.3, -0.25) is 9.59 Å². The lowest BCUT2D eigenvalue weighted by Gasteiger charge is -2.42. The molecule has 1 saturated heterocycles. The van der Waals surface area contributed by atoms with Crippen LogP contribution >= 0.6 is 11.8 Å². The van der Waals surface area contributed by atoms with Crippen LogP contribution in [0.5, 0.6) is 0 Å². The second kappa shape index (κ2) is 13.6. The van der Waals surface area contributed by atoms with Gasteiger partial charge in [0.05, 0.1) is 18.3 Å². The molecule has 3 rings (SSSR count). The van der Waals surface area contributed by atoms with Gasteiger partial charge in [-0.2, -0.15) is 0 Å². The summed E-state index contributed by atoms with van der Waals surface area (Å²) in [7, 11) is 3.28. The molecule has 0 N–H and O–H groups in total. The number of amides is 3. The third-order valence-corrected chi connectivity index (χ3v) is 8.47. The highest BCUT2D eigenvalue weighted by atomic mass is 32.2. The van der Waals surface area contributed by atoms with Crippen molar-refractivity contribution in [1.82, 2.24) is 9.80 Å². The highest BCUT2D eigenvalue weighted by molar-refractivity contribution is 8.01. The Balaban J connectivity index is 1.89. The van der Waals surface area contributed by atoms with E-state index in [1.54, 1.807) is 19.1 Å². The number of hydrogen-bond donors (Lipinski definition) is 0. The van der Waals surface area contributed by atoms with Crippen molar-refractivity contribution in [1.29, 1.82) is 0 Å². The van der Waals surface area contributed by atoms with E-state index < -0.39 is 10.3 Å². The fraction of sp³-hybridized carbons (Fsp3) is 0.700. The Labute approximate surface area is 243 Å². The number of anilines is 1. The van der Waals surface area contributed by atoms with Gasteiger partial charge in [-0.05, 0) is 85.4 Å². The maximum absolute atomic E-state index is 14.0. The molecule has 1 aromatic rings. The number of hydrogen-bond acceptors (Lipinski definition) is 7. The van der Waals surface area contributed by atoms with Crippen LogP contribution in [0.2, 0.25) is 0 Å². The number of ether oxygens (including phenoxy) is 3. The Morgan fingerprint density at radius 2 is 1.90 bits per heavy atom. The second-order valence-corrected chi connectivity index (χ2v) is 13.7. The minimum absolute atomic E-state index is 0.0186. The summed E-state index contributed by atoms with van der Waals surface area (Å²) in [5.41, 5.74) is 0.715. The Kier molecular flexibility index (Phi) is 10.9. The number of thioether (sulfide) groups is 1. The van der Waals surface area contributed by atoms with Crippen LogP contribution in [0.15, 0.2) is 23.1 Å². The molecule has 1 fully saturated rings. The van der Waals surface area contributed by atoms with Crippen LogP contribution in [-0.4, -0.2) is 97.2 Å². The molecular formula is C30H47N3O6S. The van der Waals surface area contributed by atoms with Crippen LogP contribution in [0.4, 0.5) is 10.5 Å². The molecule has 1 aromatic carbocycles. The summed E-state index contributed by atoms with van der Waals surface area (Å²) >= 11 is 1.49. The number of rotatable bonds is 10. The van der Waals surface area contributed by atoms with Crippen LogP contribution in [0.1, 0.15) is 77.6 Å². The normalized spacial score (nSPS) is 21.4. The van der Waals surface area contributed by atoms with E-state index in [9.17, 15) is 14.4 Å². The van der Waals surface area contributed by atoms with Crippen molar-refractivity contribution in [3.8, 4) is 0 Å².